The summed E-state index contributed by atoms with van der Waals surface area (Å²) in [6.45, 7) is 2.63. The number of halogens is 1. The van der Waals surface area contributed by atoms with E-state index in [2.05, 4.69) is 5.32 Å². The van der Waals surface area contributed by atoms with Gasteiger partial charge in [0, 0.05) is 12.2 Å². The molecule has 1 aliphatic rings. The molecule has 0 saturated carbocycles. The van der Waals surface area contributed by atoms with Crippen LogP contribution < -0.4 is 5.32 Å². The Kier molecular flexibility index (Phi) is 2.71. The van der Waals surface area contributed by atoms with Crippen molar-refractivity contribution in [2.24, 2.45) is 0 Å². The number of aryl methyl sites for hydroxylation is 1. The molecule has 0 radical (unpaired) electrons. The highest BCUT2D eigenvalue weighted by Crippen LogP contribution is 2.26. The summed E-state index contributed by atoms with van der Waals surface area (Å²) in [7, 11) is 0. The highest BCUT2D eigenvalue weighted by Gasteiger charge is 2.10. The van der Waals surface area contributed by atoms with Crippen LogP contribution >= 0.6 is 0 Å². The first-order chi connectivity index (χ1) is 6.77. The molecule has 0 saturated heterocycles. The first kappa shape index (κ1) is 9.50. The van der Waals surface area contributed by atoms with Gasteiger partial charge in [0.1, 0.15) is 6.17 Å². The summed E-state index contributed by atoms with van der Waals surface area (Å²) in [6, 6.07) is 5.88. The van der Waals surface area contributed by atoms with Crippen LogP contribution in [-0.2, 0) is 6.42 Å². The number of alkyl halides is 1. The van der Waals surface area contributed by atoms with Crippen molar-refractivity contribution in [1.29, 1.82) is 0 Å². The molecule has 0 spiro atoms. The summed E-state index contributed by atoms with van der Waals surface area (Å²) < 4.78 is 13.1. The summed E-state index contributed by atoms with van der Waals surface area (Å²) in [5.74, 6) is 0. The average Bonchev–Trinajstić information content (AvgIpc) is 2.41. The maximum Gasteiger partial charge on any atom is 0.122 e. The third-order valence-corrected chi connectivity index (χ3v) is 2.78. The average molecular weight is 193 g/mol. The third kappa shape index (κ3) is 1.89. The fourth-order valence-corrected chi connectivity index (χ4v) is 1.90. The minimum atomic E-state index is -0.858. The molecule has 0 aromatic heterocycles. The Morgan fingerprint density at radius 3 is 3.00 bits per heavy atom. The smallest absolute Gasteiger partial charge is 0.122 e. The van der Waals surface area contributed by atoms with Crippen molar-refractivity contribution in [1.82, 2.24) is 0 Å². The zero-order valence-corrected chi connectivity index (χ0v) is 8.52. The van der Waals surface area contributed by atoms with Gasteiger partial charge in [0.05, 0.1) is 0 Å². The number of benzene rings is 1. The molecule has 2 rings (SSSR count). The Morgan fingerprint density at radius 1 is 1.36 bits per heavy atom. The highest BCUT2D eigenvalue weighted by molar-refractivity contribution is 5.53. The van der Waals surface area contributed by atoms with Gasteiger partial charge < -0.3 is 5.32 Å². The minimum absolute atomic E-state index is 0.799. The zero-order valence-electron chi connectivity index (χ0n) is 8.52. The number of rotatable bonds is 1. The number of hydrogen-bond acceptors (Lipinski definition) is 1. The molecule has 1 N–H and O–H groups in total. The molecular formula is C12H16FN. The van der Waals surface area contributed by atoms with Gasteiger partial charge in [-0.05, 0) is 43.4 Å². The van der Waals surface area contributed by atoms with Crippen molar-refractivity contribution < 1.29 is 4.39 Å². The van der Waals surface area contributed by atoms with Crippen LogP contribution in [0.1, 0.15) is 37.1 Å². The molecule has 0 fully saturated rings. The molecule has 0 bridgehead atoms. The molecular weight excluding hydrogens is 177 g/mol. The van der Waals surface area contributed by atoms with Gasteiger partial charge in [-0.2, -0.15) is 0 Å². The molecule has 1 nitrogen and oxygen atoms in total. The summed E-state index contributed by atoms with van der Waals surface area (Å²) in [5, 5.41) is 3.37. The van der Waals surface area contributed by atoms with E-state index < -0.39 is 6.17 Å². The van der Waals surface area contributed by atoms with Crippen LogP contribution in [0.25, 0.3) is 0 Å². The second-order valence-electron chi connectivity index (χ2n) is 3.92. The Hall–Kier alpha value is -1.05. The van der Waals surface area contributed by atoms with Crippen LogP contribution in [0.15, 0.2) is 18.2 Å². The van der Waals surface area contributed by atoms with Crippen molar-refractivity contribution in [3.63, 3.8) is 0 Å². The third-order valence-electron chi connectivity index (χ3n) is 2.78. The SMILES string of the molecule is CC(F)c1ccc2c(c1)CCCCN2. The summed E-state index contributed by atoms with van der Waals surface area (Å²) in [4.78, 5) is 0. The van der Waals surface area contributed by atoms with Crippen molar-refractivity contribution >= 4 is 5.69 Å². The molecule has 2 heteroatoms. The molecule has 76 valence electrons. The molecule has 1 aromatic carbocycles. The lowest BCUT2D eigenvalue weighted by Gasteiger charge is -2.10. The maximum absolute atomic E-state index is 13.1. The lowest BCUT2D eigenvalue weighted by Crippen LogP contribution is -2.00. The van der Waals surface area contributed by atoms with Crippen molar-refractivity contribution in [3.8, 4) is 0 Å². The summed E-state index contributed by atoms with van der Waals surface area (Å²) >= 11 is 0. The van der Waals surface area contributed by atoms with E-state index in [4.69, 9.17) is 0 Å². The monoisotopic (exact) mass is 193 g/mol. The minimum Gasteiger partial charge on any atom is -0.385 e. The van der Waals surface area contributed by atoms with E-state index in [1.165, 1.54) is 24.1 Å². The summed E-state index contributed by atoms with van der Waals surface area (Å²) in [5.41, 5.74) is 3.25. The lowest BCUT2D eigenvalue weighted by molar-refractivity contribution is 0.374. The normalized spacial score (nSPS) is 17.9. The lowest BCUT2D eigenvalue weighted by atomic mass is 10.0. The molecule has 1 atom stereocenters. The van der Waals surface area contributed by atoms with Gasteiger partial charge >= 0.3 is 0 Å². The van der Waals surface area contributed by atoms with Crippen LogP contribution in [0.5, 0.6) is 0 Å². The first-order valence-corrected chi connectivity index (χ1v) is 5.28. The van der Waals surface area contributed by atoms with Gasteiger partial charge in [-0.1, -0.05) is 12.1 Å². The molecule has 1 aromatic rings. The molecule has 1 unspecified atom stereocenters. The number of hydrogen-bond donors (Lipinski definition) is 1. The second-order valence-corrected chi connectivity index (χ2v) is 3.92. The van der Waals surface area contributed by atoms with Crippen LogP contribution in [-0.4, -0.2) is 6.54 Å². The van der Waals surface area contributed by atoms with Crippen LogP contribution in [0.3, 0.4) is 0 Å². The Labute approximate surface area is 84.3 Å². The van der Waals surface area contributed by atoms with Gasteiger partial charge in [-0.3, -0.25) is 0 Å². The second kappa shape index (κ2) is 3.99. The first-order valence-electron chi connectivity index (χ1n) is 5.28. The molecule has 1 heterocycles. The zero-order chi connectivity index (χ0) is 9.97. The summed E-state index contributed by atoms with van der Waals surface area (Å²) in [6.07, 6.45) is 2.62. The standard InChI is InChI=1S/C12H16FN/c1-9(13)10-5-6-12-11(8-10)4-2-3-7-14-12/h5-6,8-9,14H,2-4,7H2,1H3. The van der Waals surface area contributed by atoms with E-state index >= 15 is 0 Å². The highest BCUT2D eigenvalue weighted by atomic mass is 19.1. The van der Waals surface area contributed by atoms with E-state index in [1.807, 2.05) is 18.2 Å². The van der Waals surface area contributed by atoms with E-state index in [0.29, 0.717) is 0 Å². The Morgan fingerprint density at radius 2 is 2.21 bits per heavy atom. The fourth-order valence-electron chi connectivity index (χ4n) is 1.90. The van der Waals surface area contributed by atoms with Gasteiger partial charge in [-0.25, -0.2) is 4.39 Å². The predicted octanol–water partition coefficient (Wildman–Crippen LogP) is 3.47. The molecule has 0 aliphatic carbocycles. The van der Waals surface area contributed by atoms with Gasteiger partial charge in [0.25, 0.3) is 0 Å². The van der Waals surface area contributed by atoms with E-state index in [0.717, 1.165) is 18.5 Å². The maximum atomic E-state index is 13.1. The predicted molar refractivity (Wildman–Crippen MR) is 57.4 cm³/mol. The van der Waals surface area contributed by atoms with Crippen LogP contribution in [0.4, 0.5) is 10.1 Å². The van der Waals surface area contributed by atoms with Gasteiger partial charge in [0.2, 0.25) is 0 Å². The van der Waals surface area contributed by atoms with Crippen molar-refractivity contribution in [3.05, 3.63) is 29.3 Å². The van der Waals surface area contributed by atoms with Crippen LogP contribution in [0.2, 0.25) is 0 Å². The van der Waals surface area contributed by atoms with E-state index in [9.17, 15) is 4.39 Å². The quantitative estimate of drug-likeness (QED) is 0.720. The van der Waals surface area contributed by atoms with E-state index in [-0.39, 0.29) is 0 Å². The van der Waals surface area contributed by atoms with Crippen LogP contribution in [0, 0.1) is 0 Å². The number of anilines is 1. The van der Waals surface area contributed by atoms with Gasteiger partial charge in [0.15, 0.2) is 0 Å². The van der Waals surface area contributed by atoms with Crippen molar-refractivity contribution in [2.45, 2.75) is 32.4 Å². The van der Waals surface area contributed by atoms with E-state index in [1.54, 1.807) is 6.92 Å². The topological polar surface area (TPSA) is 12.0 Å². The number of fused-ring (bicyclic) bond motifs is 1. The number of nitrogens with one attached hydrogen (secondary N) is 1. The largest absolute Gasteiger partial charge is 0.385 e. The Balaban J connectivity index is 2.32. The molecule has 0 amide bonds. The van der Waals surface area contributed by atoms with Crippen molar-refractivity contribution in [2.75, 3.05) is 11.9 Å². The molecule has 1 aliphatic heterocycles. The Bertz CT molecular complexity index is 320. The fraction of sp³-hybridized carbons (Fsp3) is 0.500. The van der Waals surface area contributed by atoms with Gasteiger partial charge in [-0.15, -0.1) is 0 Å². The molecule has 14 heavy (non-hydrogen) atoms.